The maximum Gasteiger partial charge on any atom is 0.264 e. The van der Waals surface area contributed by atoms with Crippen LogP contribution in [0.25, 0.3) is 0 Å². The highest BCUT2D eigenvalue weighted by Crippen LogP contribution is 2.31. The van der Waals surface area contributed by atoms with Gasteiger partial charge in [0, 0.05) is 25.2 Å². The molecule has 0 bridgehead atoms. The Labute approximate surface area is 200 Å². The number of carbonyl (C=O) groups is 1. The van der Waals surface area contributed by atoms with Crippen LogP contribution in [0.3, 0.4) is 0 Å². The van der Waals surface area contributed by atoms with E-state index in [1.807, 2.05) is 31.2 Å². The number of benzene rings is 3. The second-order valence-corrected chi connectivity index (χ2v) is 9.27. The number of anilines is 1. The lowest BCUT2D eigenvalue weighted by molar-refractivity contribution is 0.0951. The zero-order chi connectivity index (χ0) is 24.7. The highest BCUT2D eigenvalue weighted by molar-refractivity contribution is 7.92. The summed E-state index contributed by atoms with van der Waals surface area (Å²) in [6, 6.07) is 18.3. The van der Waals surface area contributed by atoms with Gasteiger partial charge in [-0.1, -0.05) is 12.1 Å². The van der Waals surface area contributed by atoms with Crippen LogP contribution >= 0.6 is 0 Å². The molecule has 3 rings (SSSR count). The van der Waals surface area contributed by atoms with Gasteiger partial charge in [0.15, 0.2) is 11.5 Å². The normalized spacial score (nSPS) is 10.9. The molecule has 0 spiro atoms. The monoisotopic (exact) mass is 484 g/mol. The molecular formula is C25H28N2O6S. The number of methoxy groups -OCH3 is 2. The molecule has 0 atom stereocenters. The van der Waals surface area contributed by atoms with E-state index in [0.717, 1.165) is 15.6 Å². The number of ether oxygens (including phenoxy) is 3. The van der Waals surface area contributed by atoms with Crippen molar-refractivity contribution in [2.24, 2.45) is 0 Å². The van der Waals surface area contributed by atoms with Crippen LogP contribution in [0.5, 0.6) is 17.2 Å². The zero-order valence-corrected chi connectivity index (χ0v) is 20.4. The molecule has 34 heavy (non-hydrogen) atoms. The number of nitrogens with one attached hydrogen (secondary N) is 1. The van der Waals surface area contributed by atoms with Crippen LogP contribution in [-0.4, -0.2) is 42.2 Å². The molecule has 0 radical (unpaired) electrons. The van der Waals surface area contributed by atoms with Crippen molar-refractivity contribution >= 4 is 21.6 Å². The Bertz CT molecular complexity index is 1240. The van der Waals surface area contributed by atoms with Crippen LogP contribution < -0.4 is 23.8 Å². The first-order valence-corrected chi connectivity index (χ1v) is 12.0. The van der Waals surface area contributed by atoms with Crippen molar-refractivity contribution in [3.05, 3.63) is 77.9 Å². The van der Waals surface area contributed by atoms with Crippen molar-refractivity contribution in [2.45, 2.75) is 18.4 Å². The van der Waals surface area contributed by atoms with E-state index in [9.17, 15) is 13.2 Å². The van der Waals surface area contributed by atoms with Crippen molar-refractivity contribution < 1.29 is 27.4 Å². The van der Waals surface area contributed by atoms with E-state index in [2.05, 4.69) is 5.32 Å². The van der Waals surface area contributed by atoms with Gasteiger partial charge in [-0.2, -0.15) is 0 Å². The number of amides is 1. The van der Waals surface area contributed by atoms with Crippen molar-refractivity contribution in [3.8, 4) is 17.2 Å². The fourth-order valence-electron chi connectivity index (χ4n) is 3.29. The molecule has 0 fully saturated rings. The van der Waals surface area contributed by atoms with E-state index in [1.165, 1.54) is 39.5 Å². The summed E-state index contributed by atoms with van der Waals surface area (Å²) in [7, 11) is 0.520. The lowest BCUT2D eigenvalue weighted by atomic mass is 10.1. The number of carbonyl (C=O) groups excluding carboxylic acids is 1. The van der Waals surface area contributed by atoms with Crippen LogP contribution in [0.4, 0.5) is 5.69 Å². The molecule has 0 aliphatic rings. The van der Waals surface area contributed by atoms with Crippen molar-refractivity contribution in [1.29, 1.82) is 0 Å². The molecule has 1 N–H and O–H groups in total. The minimum Gasteiger partial charge on any atom is -0.494 e. The summed E-state index contributed by atoms with van der Waals surface area (Å²) in [4.78, 5) is 12.6. The van der Waals surface area contributed by atoms with E-state index in [0.29, 0.717) is 35.9 Å². The standard InChI is InChI=1S/C25H28N2O6S/c1-5-33-21-8-6-7-18(15-21)17-26-25(28)19-9-11-20(12-10-19)27(2)34(29,30)22-13-14-23(31-3)24(16-22)32-4/h6-16H,5,17H2,1-4H3,(H,26,28). The van der Waals surface area contributed by atoms with E-state index in [1.54, 1.807) is 24.3 Å². The average molecular weight is 485 g/mol. The maximum atomic E-state index is 13.1. The maximum absolute atomic E-state index is 13.1. The van der Waals surface area contributed by atoms with Gasteiger partial charge in [0.1, 0.15) is 5.75 Å². The van der Waals surface area contributed by atoms with Crippen molar-refractivity contribution in [3.63, 3.8) is 0 Å². The SMILES string of the molecule is CCOc1cccc(CNC(=O)c2ccc(N(C)S(=O)(=O)c3ccc(OC)c(OC)c3)cc2)c1. The van der Waals surface area contributed by atoms with Crippen molar-refractivity contribution in [1.82, 2.24) is 5.32 Å². The van der Waals surface area contributed by atoms with Crippen LogP contribution in [0.1, 0.15) is 22.8 Å². The van der Waals surface area contributed by atoms with Crippen LogP contribution in [0.15, 0.2) is 71.6 Å². The first kappa shape index (κ1) is 24.9. The molecule has 0 unspecified atom stereocenters. The lowest BCUT2D eigenvalue weighted by Gasteiger charge is -2.20. The third kappa shape index (κ3) is 5.60. The van der Waals surface area contributed by atoms with Gasteiger partial charge in [-0.3, -0.25) is 9.10 Å². The molecule has 0 aliphatic heterocycles. The molecule has 0 heterocycles. The second kappa shape index (κ2) is 10.9. The third-order valence-corrected chi connectivity index (χ3v) is 6.95. The quantitative estimate of drug-likeness (QED) is 0.470. The minimum absolute atomic E-state index is 0.0590. The number of hydrogen-bond donors (Lipinski definition) is 1. The molecule has 0 saturated heterocycles. The Morgan fingerprint density at radius 3 is 2.29 bits per heavy atom. The topological polar surface area (TPSA) is 94.2 Å². The predicted octanol–water partition coefficient (Wildman–Crippen LogP) is 3.86. The number of hydrogen-bond acceptors (Lipinski definition) is 6. The van der Waals surface area contributed by atoms with Gasteiger partial charge in [0.2, 0.25) is 0 Å². The molecule has 0 aromatic heterocycles. The minimum atomic E-state index is -3.85. The largest absolute Gasteiger partial charge is 0.494 e. The van der Waals surface area contributed by atoms with E-state index in [4.69, 9.17) is 14.2 Å². The lowest BCUT2D eigenvalue weighted by Crippen LogP contribution is -2.27. The smallest absolute Gasteiger partial charge is 0.264 e. The van der Waals surface area contributed by atoms with Crippen LogP contribution in [0.2, 0.25) is 0 Å². The molecule has 9 heteroatoms. The van der Waals surface area contributed by atoms with Gasteiger partial charge >= 0.3 is 0 Å². The predicted molar refractivity (Wildman–Crippen MR) is 130 cm³/mol. The van der Waals surface area contributed by atoms with Gasteiger partial charge in [0.05, 0.1) is 31.4 Å². The zero-order valence-electron chi connectivity index (χ0n) is 19.6. The fourth-order valence-corrected chi connectivity index (χ4v) is 4.50. The molecular weight excluding hydrogens is 456 g/mol. The number of rotatable bonds is 10. The molecule has 180 valence electrons. The second-order valence-electron chi connectivity index (χ2n) is 7.30. The van der Waals surface area contributed by atoms with Crippen molar-refractivity contribution in [2.75, 3.05) is 32.2 Å². The average Bonchev–Trinajstić information content (AvgIpc) is 2.86. The Kier molecular flexibility index (Phi) is 8.01. The van der Waals surface area contributed by atoms with Gasteiger partial charge in [-0.15, -0.1) is 0 Å². The highest BCUT2D eigenvalue weighted by Gasteiger charge is 2.23. The Balaban J connectivity index is 1.70. The number of nitrogens with zero attached hydrogens (tertiary/aromatic N) is 1. The van der Waals surface area contributed by atoms with E-state index < -0.39 is 10.0 Å². The fraction of sp³-hybridized carbons (Fsp3) is 0.240. The summed E-state index contributed by atoms with van der Waals surface area (Å²) in [5.74, 6) is 1.23. The molecule has 0 saturated carbocycles. The third-order valence-electron chi connectivity index (χ3n) is 5.17. The first-order chi connectivity index (χ1) is 16.3. The summed E-state index contributed by atoms with van der Waals surface area (Å²) in [6.07, 6.45) is 0. The number of sulfonamides is 1. The summed E-state index contributed by atoms with van der Waals surface area (Å²) in [5.41, 5.74) is 1.74. The molecule has 1 amide bonds. The van der Waals surface area contributed by atoms with Gasteiger partial charge < -0.3 is 19.5 Å². The van der Waals surface area contributed by atoms with E-state index >= 15 is 0 Å². The van der Waals surface area contributed by atoms with Gasteiger partial charge in [0.25, 0.3) is 15.9 Å². The molecule has 8 nitrogen and oxygen atoms in total. The summed E-state index contributed by atoms with van der Waals surface area (Å²) >= 11 is 0. The Hall–Kier alpha value is -3.72. The Morgan fingerprint density at radius 2 is 1.65 bits per heavy atom. The summed E-state index contributed by atoms with van der Waals surface area (Å²) in [6.45, 7) is 2.82. The van der Waals surface area contributed by atoms with Gasteiger partial charge in [-0.25, -0.2) is 8.42 Å². The highest BCUT2D eigenvalue weighted by atomic mass is 32.2. The molecule has 3 aromatic rings. The molecule has 0 aliphatic carbocycles. The van der Waals surface area contributed by atoms with Crippen LogP contribution in [-0.2, 0) is 16.6 Å². The van der Waals surface area contributed by atoms with E-state index in [-0.39, 0.29) is 10.8 Å². The summed E-state index contributed by atoms with van der Waals surface area (Å²) < 4.78 is 43.2. The van der Waals surface area contributed by atoms with Gasteiger partial charge in [-0.05, 0) is 61.0 Å². The first-order valence-electron chi connectivity index (χ1n) is 10.6. The van der Waals surface area contributed by atoms with Crippen LogP contribution in [0, 0.1) is 0 Å². The summed E-state index contributed by atoms with van der Waals surface area (Å²) in [5, 5.41) is 2.86. The molecule has 3 aromatic carbocycles. The Morgan fingerprint density at radius 1 is 0.941 bits per heavy atom.